The highest BCUT2D eigenvalue weighted by molar-refractivity contribution is 6.63. The Morgan fingerprint density at radius 3 is 1.94 bits per heavy atom. The monoisotopic (exact) mass is 244 g/mol. The van der Waals surface area contributed by atoms with Crippen LogP contribution >= 0.6 is 11.6 Å². The Balaban J connectivity index is 3.04. The molecular weight excluding hydrogens is 220 g/mol. The van der Waals surface area contributed by atoms with Crippen molar-refractivity contribution in [3.63, 3.8) is 0 Å². The van der Waals surface area contributed by atoms with Crippen LogP contribution in [0.4, 0.5) is 0 Å². The third kappa shape index (κ3) is 13.7. The molecule has 94 valence electrons. The molecule has 0 aliphatic heterocycles. The lowest BCUT2D eigenvalue weighted by Gasteiger charge is -2.00. The van der Waals surface area contributed by atoms with Crippen molar-refractivity contribution in [2.75, 3.05) is 0 Å². The second-order valence-corrected chi connectivity index (χ2v) is 5.07. The first-order valence-corrected chi connectivity index (χ1v) is 6.82. The van der Waals surface area contributed by atoms with Gasteiger partial charge in [-0.3, -0.25) is 4.79 Å². The summed E-state index contributed by atoms with van der Waals surface area (Å²) in [5.74, 6) is 0. The largest absolute Gasteiger partial charge is 0.281 e. The Labute approximate surface area is 105 Å². The first kappa shape index (κ1) is 15.7. The third-order valence-corrected chi connectivity index (χ3v) is 2.82. The molecular formula is C14H25ClO. The van der Waals surface area contributed by atoms with Crippen LogP contribution in [0, 0.1) is 0 Å². The standard InChI is InChI=1S/C14H25ClO/c1-13(2)11-9-7-5-3-4-6-8-10-12-14(15)16/h11H,3-10,12H2,1-2H3. The lowest BCUT2D eigenvalue weighted by atomic mass is 10.1. The van der Waals surface area contributed by atoms with Crippen molar-refractivity contribution < 1.29 is 4.79 Å². The molecule has 0 radical (unpaired) electrons. The summed E-state index contributed by atoms with van der Waals surface area (Å²) in [5, 5.41) is -0.193. The number of carbonyl (C=O) groups excluding carboxylic acids is 1. The topological polar surface area (TPSA) is 17.1 Å². The quantitative estimate of drug-likeness (QED) is 0.292. The molecule has 0 aromatic heterocycles. The Kier molecular flexibility index (Phi) is 11.0. The van der Waals surface area contributed by atoms with Crippen molar-refractivity contribution in [2.24, 2.45) is 0 Å². The van der Waals surface area contributed by atoms with Crippen LogP contribution in [-0.4, -0.2) is 5.24 Å². The summed E-state index contributed by atoms with van der Waals surface area (Å²) in [4.78, 5) is 10.5. The van der Waals surface area contributed by atoms with Gasteiger partial charge in [-0.15, -0.1) is 0 Å². The third-order valence-electron chi connectivity index (χ3n) is 2.63. The number of hydrogen-bond acceptors (Lipinski definition) is 1. The molecule has 0 atom stereocenters. The zero-order valence-corrected chi connectivity index (χ0v) is 11.5. The van der Waals surface area contributed by atoms with E-state index in [0.717, 1.165) is 12.8 Å². The van der Waals surface area contributed by atoms with Gasteiger partial charge in [-0.05, 0) is 44.7 Å². The van der Waals surface area contributed by atoms with Gasteiger partial charge >= 0.3 is 0 Å². The average molecular weight is 245 g/mol. The van der Waals surface area contributed by atoms with E-state index in [1.54, 1.807) is 0 Å². The minimum Gasteiger partial charge on any atom is -0.281 e. The van der Waals surface area contributed by atoms with Crippen LogP contribution in [0.3, 0.4) is 0 Å². The number of allylic oxidation sites excluding steroid dienone is 2. The molecule has 0 rings (SSSR count). The molecule has 2 heteroatoms. The number of rotatable bonds is 10. The van der Waals surface area contributed by atoms with Crippen LogP contribution in [0.1, 0.15) is 71.6 Å². The van der Waals surface area contributed by atoms with Crippen LogP contribution < -0.4 is 0 Å². The van der Waals surface area contributed by atoms with E-state index in [2.05, 4.69) is 19.9 Å². The van der Waals surface area contributed by atoms with Gasteiger partial charge in [0.25, 0.3) is 0 Å². The molecule has 1 nitrogen and oxygen atoms in total. The molecule has 0 aromatic carbocycles. The first-order chi connectivity index (χ1) is 7.63. The Morgan fingerprint density at radius 1 is 0.938 bits per heavy atom. The smallest absolute Gasteiger partial charge is 0.221 e. The number of unbranched alkanes of at least 4 members (excludes halogenated alkanes) is 7. The fourth-order valence-corrected chi connectivity index (χ4v) is 1.82. The van der Waals surface area contributed by atoms with E-state index >= 15 is 0 Å². The Morgan fingerprint density at radius 2 is 1.44 bits per heavy atom. The summed E-state index contributed by atoms with van der Waals surface area (Å²) in [6, 6.07) is 0. The molecule has 0 saturated heterocycles. The van der Waals surface area contributed by atoms with Gasteiger partial charge in [0, 0.05) is 6.42 Å². The maximum atomic E-state index is 10.5. The molecule has 0 aliphatic carbocycles. The molecule has 0 aromatic rings. The van der Waals surface area contributed by atoms with E-state index in [1.165, 1.54) is 44.1 Å². The van der Waals surface area contributed by atoms with Gasteiger partial charge in [0.1, 0.15) is 0 Å². The van der Waals surface area contributed by atoms with E-state index in [-0.39, 0.29) is 5.24 Å². The van der Waals surface area contributed by atoms with Crippen molar-refractivity contribution in [1.82, 2.24) is 0 Å². The zero-order chi connectivity index (χ0) is 12.2. The number of carbonyl (C=O) groups is 1. The van der Waals surface area contributed by atoms with Gasteiger partial charge in [0.2, 0.25) is 5.24 Å². The van der Waals surface area contributed by atoms with E-state index in [4.69, 9.17) is 11.6 Å². The van der Waals surface area contributed by atoms with Gasteiger partial charge in [-0.1, -0.05) is 43.8 Å². The molecule has 0 amide bonds. The molecule has 0 heterocycles. The molecule has 0 spiro atoms. The summed E-state index contributed by atoms with van der Waals surface area (Å²) < 4.78 is 0. The van der Waals surface area contributed by atoms with E-state index in [1.807, 2.05) is 0 Å². The lowest BCUT2D eigenvalue weighted by Crippen LogP contribution is -1.86. The van der Waals surface area contributed by atoms with Crippen molar-refractivity contribution >= 4 is 16.8 Å². The summed E-state index contributed by atoms with van der Waals surface area (Å²) in [6.07, 6.45) is 12.7. The molecule has 0 saturated carbocycles. The van der Waals surface area contributed by atoms with E-state index < -0.39 is 0 Å². The van der Waals surface area contributed by atoms with Gasteiger partial charge in [-0.25, -0.2) is 0 Å². The first-order valence-electron chi connectivity index (χ1n) is 6.44. The molecule has 16 heavy (non-hydrogen) atoms. The second kappa shape index (κ2) is 11.2. The summed E-state index contributed by atoms with van der Waals surface area (Å²) >= 11 is 5.26. The Hall–Kier alpha value is -0.300. The van der Waals surface area contributed by atoms with Crippen LogP contribution in [0.25, 0.3) is 0 Å². The molecule has 0 bridgehead atoms. The second-order valence-electron chi connectivity index (χ2n) is 4.65. The van der Waals surface area contributed by atoms with Gasteiger partial charge in [-0.2, -0.15) is 0 Å². The lowest BCUT2D eigenvalue weighted by molar-refractivity contribution is -0.111. The molecule has 0 N–H and O–H groups in total. The highest BCUT2D eigenvalue weighted by Crippen LogP contribution is 2.11. The van der Waals surface area contributed by atoms with Crippen LogP contribution in [-0.2, 0) is 4.79 Å². The highest BCUT2D eigenvalue weighted by Gasteiger charge is 1.95. The predicted molar refractivity (Wildman–Crippen MR) is 71.8 cm³/mol. The van der Waals surface area contributed by atoms with Crippen molar-refractivity contribution in [3.8, 4) is 0 Å². The predicted octanol–water partition coefficient (Wildman–Crippen LogP) is 5.23. The minimum absolute atomic E-state index is 0.193. The fourth-order valence-electron chi connectivity index (χ4n) is 1.68. The van der Waals surface area contributed by atoms with Gasteiger partial charge in [0.15, 0.2) is 0 Å². The maximum absolute atomic E-state index is 10.5. The molecule has 0 aliphatic rings. The van der Waals surface area contributed by atoms with E-state index in [9.17, 15) is 4.79 Å². The molecule has 0 fully saturated rings. The zero-order valence-electron chi connectivity index (χ0n) is 10.7. The maximum Gasteiger partial charge on any atom is 0.221 e. The average Bonchev–Trinajstić information content (AvgIpc) is 2.20. The minimum atomic E-state index is -0.193. The van der Waals surface area contributed by atoms with Crippen molar-refractivity contribution in [2.45, 2.75) is 71.6 Å². The number of hydrogen-bond donors (Lipinski definition) is 0. The Bertz CT molecular complexity index is 205. The highest BCUT2D eigenvalue weighted by atomic mass is 35.5. The van der Waals surface area contributed by atoms with Crippen LogP contribution in [0.5, 0.6) is 0 Å². The van der Waals surface area contributed by atoms with Gasteiger partial charge in [0.05, 0.1) is 0 Å². The van der Waals surface area contributed by atoms with Crippen LogP contribution in [0.15, 0.2) is 11.6 Å². The number of halogens is 1. The fraction of sp³-hybridized carbons (Fsp3) is 0.786. The summed E-state index contributed by atoms with van der Waals surface area (Å²) in [5.41, 5.74) is 1.42. The summed E-state index contributed by atoms with van der Waals surface area (Å²) in [7, 11) is 0. The van der Waals surface area contributed by atoms with Gasteiger partial charge < -0.3 is 0 Å². The van der Waals surface area contributed by atoms with Crippen molar-refractivity contribution in [1.29, 1.82) is 0 Å². The molecule has 0 unspecified atom stereocenters. The van der Waals surface area contributed by atoms with Crippen molar-refractivity contribution in [3.05, 3.63) is 11.6 Å². The summed E-state index contributed by atoms with van der Waals surface area (Å²) in [6.45, 7) is 4.30. The SMILES string of the molecule is CC(C)=CCCCCCCCCCC(=O)Cl. The normalized spacial score (nSPS) is 10.2. The van der Waals surface area contributed by atoms with Crippen LogP contribution in [0.2, 0.25) is 0 Å². The van der Waals surface area contributed by atoms with E-state index in [0.29, 0.717) is 6.42 Å².